The maximum atomic E-state index is 12.7. The number of para-hydroxylation sites is 1. The molecule has 2 aromatic carbocycles. The van der Waals surface area contributed by atoms with E-state index in [1.807, 2.05) is 61.5 Å². The fourth-order valence-corrected chi connectivity index (χ4v) is 3.75. The normalized spacial score (nSPS) is 12.0. The molecule has 7 heteroatoms. The van der Waals surface area contributed by atoms with Crippen LogP contribution in [-0.2, 0) is 0 Å². The van der Waals surface area contributed by atoms with Gasteiger partial charge in [-0.1, -0.05) is 57.6 Å². The number of hydrogen-bond acceptors (Lipinski definition) is 5. The monoisotopic (exact) mass is 427 g/mol. The molecule has 2 heterocycles. The number of ether oxygens (including phenoxy) is 1. The van der Waals surface area contributed by atoms with Gasteiger partial charge in [0.05, 0.1) is 11.1 Å². The second-order valence-electron chi connectivity index (χ2n) is 5.52. The minimum Gasteiger partial charge on any atom is -0.493 e. The third-order valence-corrected chi connectivity index (χ3v) is 5.28. The van der Waals surface area contributed by atoms with Crippen molar-refractivity contribution in [2.24, 2.45) is 0 Å². The largest absolute Gasteiger partial charge is 0.493 e. The number of rotatable bonds is 4. The Balaban J connectivity index is 1.79. The number of benzene rings is 2. The van der Waals surface area contributed by atoms with Gasteiger partial charge in [-0.3, -0.25) is 4.79 Å². The van der Waals surface area contributed by atoms with Gasteiger partial charge in [-0.15, -0.1) is 5.10 Å². The van der Waals surface area contributed by atoms with Crippen molar-refractivity contribution in [1.29, 1.82) is 0 Å². The predicted molar refractivity (Wildman–Crippen MR) is 107 cm³/mol. The third kappa shape index (κ3) is 3.15. The Morgan fingerprint density at radius 1 is 1.19 bits per heavy atom. The van der Waals surface area contributed by atoms with E-state index in [4.69, 9.17) is 4.74 Å². The first-order chi connectivity index (χ1) is 12.7. The van der Waals surface area contributed by atoms with Crippen molar-refractivity contribution in [2.75, 3.05) is 6.61 Å². The van der Waals surface area contributed by atoms with E-state index in [1.165, 1.54) is 15.9 Å². The number of halogens is 1. The van der Waals surface area contributed by atoms with Gasteiger partial charge in [0.15, 0.2) is 5.82 Å². The van der Waals surface area contributed by atoms with Crippen molar-refractivity contribution in [3.05, 3.63) is 73.5 Å². The van der Waals surface area contributed by atoms with Crippen LogP contribution >= 0.6 is 27.3 Å². The van der Waals surface area contributed by atoms with Crippen LogP contribution in [0.4, 0.5) is 0 Å². The average molecular weight is 428 g/mol. The first kappa shape index (κ1) is 16.9. The smallest absolute Gasteiger partial charge is 0.291 e. The summed E-state index contributed by atoms with van der Waals surface area (Å²) in [5.74, 6) is 1.30. The molecule has 0 spiro atoms. The van der Waals surface area contributed by atoms with Gasteiger partial charge in [0.1, 0.15) is 5.75 Å². The maximum absolute atomic E-state index is 12.7. The van der Waals surface area contributed by atoms with E-state index in [1.54, 1.807) is 0 Å². The van der Waals surface area contributed by atoms with Gasteiger partial charge in [-0.05, 0) is 31.2 Å². The fraction of sp³-hybridized carbons (Fsp3) is 0.105. The zero-order chi connectivity index (χ0) is 18.1. The number of hydrogen-bond donors (Lipinski definition) is 0. The highest BCUT2D eigenvalue weighted by atomic mass is 79.9. The van der Waals surface area contributed by atoms with E-state index in [0.717, 1.165) is 21.3 Å². The van der Waals surface area contributed by atoms with Crippen LogP contribution in [0.1, 0.15) is 12.5 Å². The molecule has 0 amide bonds. The van der Waals surface area contributed by atoms with Crippen molar-refractivity contribution in [2.45, 2.75) is 6.92 Å². The molecule has 0 saturated carbocycles. The minimum absolute atomic E-state index is 0.174. The van der Waals surface area contributed by atoms with Crippen LogP contribution in [0.15, 0.2) is 57.8 Å². The Morgan fingerprint density at radius 2 is 1.96 bits per heavy atom. The molecule has 4 aromatic rings. The summed E-state index contributed by atoms with van der Waals surface area (Å²) < 4.78 is 8.54. The molecule has 26 heavy (non-hydrogen) atoms. The SMILES string of the molecule is CCOc1ccccc1/C=c1/sc2nc(-c3ccc(Br)cc3)nn2c1=O. The van der Waals surface area contributed by atoms with Gasteiger partial charge in [0.2, 0.25) is 4.96 Å². The Morgan fingerprint density at radius 3 is 2.69 bits per heavy atom. The first-order valence-corrected chi connectivity index (χ1v) is 9.65. The van der Waals surface area contributed by atoms with Crippen LogP contribution in [0.5, 0.6) is 5.75 Å². The highest BCUT2D eigenvalue weighted by Gasteiger charge is 2.12. The van der Waals surface area contributed by atoms with Crippen molar-refractivity contribution < 1.29 is 4.74 Å². The van der Waals surface area contributed by atoms with E-state index in [0.29, 0.717) is 21.9 Å². The predicted octanol–water partition coefficient (Wildman–Crippen LogP) is 3.53. The van der Waals surface area contributed by atoms with Gasteiger partial charge in [0, 0.05) is 15.6 Å². The molecule has 0 atom stereocenters. The summed E-state index contributed by atoms with van der Waals surface area (Å²) in [6, 6.07) is 15.3. The molecule has 0 unspecified atom stereocenters. The van der Waals surface area contributed by atoms with E-state index in [2.05, 4.69) is 26.0 Å². The van der Waals surface area contributed by atoms with Crippen molar-refractivity contribution in [3.63, 3.8) is 0 Å². The molecule has 0 saturated heterocycles. The maximum Gasteiger partial charge on any atom is 0.291 e. The quantitative estimate of drug-likeness (QED) is 0.499. The van der Waals surface area contributed by atoms with Crippen LogP contribution < -0.4 is 14.8 Å². The lowest BCUT2D eigenvalue weighted by Crippen LogP contribution is -2.23. The first-order valence-electron chi connectivity index (χ1n) is 8.05. The van der Waals surface area contributed by atoms with E-state index in [9.17, 15) is 4.79 Å². The molecule has 0 aliphatic carbocycles. The number of thiazole rings is 1. The topological polar surface area (TPSA) is 56.5 Å². The molecule has 0 bridgehead atoms. The molecule has 0 N–H and O–H groups in total. The number of aromatic nitrogens is 3. The standard InChI is InChI=1S/C19H14BrN3O2S/c1-2-25-15-6-4-3-5-13(15)11-16-18(24)23-19(26-16)21-17(22-23)12-7-9-14(20)10-8-12/h3-11H,2H2,1H3/b16-11+. The van der Waals surface area contributed by atoms with Crippen LogP contribution in [0.25, 0.3) is 22.4 Å². The molecule has 0 fully saturated rings. The Kier molecular flexibility index (Phi) is 4.57. The van der Waals surface area contributed by atoms with Crippen molar-refractivity contribution >= 4 is 38.3 Å². The summed E-state index contributed by atoms with van der Waals surface area (Å²) in [5.41, 5.74) is 1.56. The van der Waals surface area contributed by atoms with Crippen LogP contribution in [0.2, 0.25) is 0 Å². The molecular weight excluding hydrogens is 414 g/mol. The van der Waals surface area contributed by atoms with Crippen LogP contribution in [0.3, 0.4) is 0 Å². The average Bonchev–Trinajstić information content (AvgIpc) is 3.18. The molecule has 0 aliphatic rings. The summed E-state index contributed by atoms with van der Waals surface area (Å²) in [4.78, 5) is 17.8. The summed E-state index contributed by atoms with van der Waals surface area (Å²) in [7, 11) is 0. The van der Waals surface area contributed by atoms with Crippen LogP contribution in [-0.4, -0.2) is 21.2 Å². The third-order valence-electron chi connectivity index (χ3n) is 3.79. The second-order valence-corrected chi connectivity index (χ2v) is 7.45. The summed E-state index contributed by atoms with van der Waals surface area (Å²) in [6.45, 7) is 2.50. The lowest BCUT2D eigenvalue weighted by molar-refractivity contribution is 0.339. The molecule has 5 nitrogen and oxygen atoms in total. The number of nitrogens with zero attached hydrogens (tertiary/aromatic N) is 3. The van der Waals surface area contributed by atoms with Gasteiger partial charge < -0.3 is 4.74 Å². The van der Waals surface area contributed by atoms with Crippen molar-refractivity contribution in [1.82, 2.24) is 14.6 Å². The van der Waals surface area contributed by atoms with Gasteiger partial charge >= 0.3 is 0 Å². The lowest BCUT2D eigenvalue weighted by Gasteiger charge is -2.05. The van der Waals surface area contributed by atoms with Gasteiger partial charge in [-0.25, -0.2) is 0 Å². The molecule has 2 aromatic heterocycles. The molecule has 130 valence electrons. The van der Waals surface area contributed by atoms with Gasteiger partial charge in [-0.2, -0.15) is 9.50 Å². The highest BCUT2D eigenvalue weighted by molar-refractivity contribution is 9.10. The molecule has 0 radical (unpaired) electrons. The van der Waals surface area contributed by atoms with E-state index < -0.39 is 0 Å². The Hall–Kier alpha value is -2.51. The number of fused-ring (bicyclic) bond motifs is 1. The second kappa shape index (κ2) is 7.01. The van der Waals surface area contributed by atoms with Crippen molar-refractivity contribution in [3.8, 4) is 17.1 Å². The summed E-state index contributed by atoms with van der Waals surface area (Å²) >= 11 is 4.73. The summed E-state index contributed by atoms with van der Waals surface area (Å²) in [6.07, 6.45) is 1.83. The molecule has 4 rings (SSSR count). The minimum atomic E-state index is -0.174. The Bertz CT molecular complexity index is 1180. The lowest BCUT2D eigenvalue weighted by atomic mass is 10.2. The van der Waals surface area contributed by atoms with E-state index in [-0.39, 0.29) is 5.56 Å². The highest BCUT2D eigenvalue weighted by Crippen LogP contribution is 2.20. The zero-order valence-corrected chi connectivity index (χ0v) is 16.3. The Labute approximate surface area is 161 Å². The fourth-order valence-electron chi connectivity index (χ4n) is 2.58. The molecular formula is C19H14BrN3O2S. The zero-order valence-electron chi connectivity index (χ0n) is 13.8. The van der Waals surface area contributed by atoms with Gasteiger partial charge in [0.25, 0.3) is 5.56 Å². The molecule has 0 aliphatic heterocycles. The van der Waals surface area contributed by atoms with E-state index >= 15 is 0 Å². The summed E-state index contributed by atoms with van der Waals surface area (Å²) in [5, 5.41) is 4.37. The van der Waals surface area contributed by atoms with Crippen LogP contribution in [0, 0.1) is 0 Å².